The average Bonchev–Trinajstić information content (AvgIpc) is 3.17. The summed E-state index contributed by atoms with van der Waals surface area (Å²) in [6.07, 6.45) is 3.01. The highest BCUT2D eigenvalue weighted by Gasteiger charge is 2.32. The molecule has 5 heteroatoms. The van der Waals surface area contributed by atoms with Crippen molar-refractivity contribution < 1.29 is 14.4 Å². The predicted octanol–water partition coefficient (Wildman–Crippen LogP) is 2.84. The number of amides is 3. The Balaban J connectivity index is 1.51. The maximum Gasteiger partial charge on any atom is 0.261 e. The van der Waals surface area contributed by atoms with Crippen LogP contribution in [0.2, 0.25) is 0 Å². The number of carbonyl (C=O) groups is 3. The minimum Gasteiger partial charge on any atom is -0.343 e. The molecule has 0 atom stereocenters. The summed E-state index contributed by atoms with van der Waals surface area (Å²) in [6, 6.07) is 11.0. The summed E-state index contributed by atoms with van der Waals surface area (Å²) in [5.41, 5.74) is 1.14. The van der Waals surface area contributed by atoms with Crippen LogP contribution in [0.1, 0.15) is 46.4 Å². The first-order valence-corrected chi connectivity index (χ1v) is 8.82. The molecule has 25 heavy (non-hydrogen) atoms. The molecule has 0 spiro atoms. The molecule has 2 aliphatic heterocycles. The van der Waals surface area contributed by atoms with Gasteiger partial charge in [0.25, 0.3) is 11.8 Å². The second-order valence-electron chi connectivity index (χ2n) is 6.66. The Kier molecular flexibility index (Phi) is 3.99. The molecule has 1 fully saturated rings. The summed E-state index contributed by atoms with van der Waals surface area (Å²) in [6.45, 7) is 1.94. The van der Waals surface area contributed by atoms with Crippen molar-refractivity contribution in [2.75, 3.05) is 19.6 Å². The van der Waals surface area contributed by atoms with Crippen LogP contribution in [-0.2, 0) is 4.79 Å². The lowest BCUT2D eigenvalue weighted by Crippen LogP contribution is -2.41. The zero-order valence-electron chi connectivity index (χ0n) is 14.0. The van der Waals surface area contributed by atoms with Crippen molar-refractivity contribution in [2.24, 2.45) is 0 Å². The number of benzene rings is 2. The van der Waals surface area contributed by atoms with Crippen molar-refractivity contribution in [3.8, 4) is 0 Å². The molecule has 2 aromatic carbocycles. The number of hydrogen-bond donors (Lipinski definition) is 0. The van der Waals surface area contributed by atoms with E-state index in [1.54, 1.807) is 12.1 Å². The summed E-state index contributed by atoms with van der Waals surface area (Å²) >= 11 is 0. The molecule has 2 heterocycles. The van der Waals surface area contributed by atoms with E-state index < -0.39 is 0 Å². The molecular formula is C20H20N2O3. The maximum atomic E-state index is 12.8. The van der Waals surface area contributed by atoms with Crippen molar-refractivity contribution in [3.05, 3.63) is 47.5 Å². The van der Waals surface area contributed by atoms with Gasteiger partial charge in [0, 0.05) is 42.6 Å². The molecule has 4 rings (SSSR count). The zero-order valence-corrected chi connectivity index (χ0v) is 14.0. The third kappa shape index (κ3) is 2.69. The molecule has 0 unspecified atom stereocenters. The fourth-order valence-corrected chi connectivity index (χ4v) is 3.80. The van der Waals surface area contributed by atoms with E-state index in [1.807, 2.05) is 29.2 Å². The third-order valence-electron chi connectivity index (χ3n) is 5.09. The van der Waals surface area contributed by atoms with E-state index in [2.05, 4.69) is 0 Å². The van der Waals surface area contributed by atoms with E-state index in [-0.39, 0.29) is 24.3 Å². The molecule has 1 saturated heterocycles. The maximum absolute atomic E-state index is 12.8. The Morgan fingerprint density at radius 2 is 1.52 bits per heavy atom. The fraction of sp³-hybridized carbons (Fsp3) is 0.350. The quantitative estimate of drug-likeness (QED) is 0.807. The van der Waals surface area contributed by atoms with Gasteiger partial charge in [-0.3, -0.25) is 19.3 Å². The normalized spacial score (nSPS) is 16.8. The SMILES string of the molecule is O=C(CCCN1C(=O)c2cccc3cccc(c23)C1=O)N1CCCC1. The Morgan fingerprint density at radius 3 is 2.12 bits per heavy atom. The Hall–Kier alpha value is -2.69. The molecular weight excluding hydrogens is 316 g/mol. The molecule has 0 aliphatic carbocycles. The first-order valence-electron chi connectivity index (χ1n) is 8.82. The monoisotopic (exact) mass is 336 g/mol. The number of rotatable bonds is 4. The van der Waals surface area contributed by atoms with Gasteiger partial charge in [0.1, 0.15) is 0 Å². The molecule has 3 amide bonds. The minimum atomic E-state index is -0.261. The minimum absolute atomic E-state index is 0.122. The Bertz CT molecular complexity index is 818. The molecule has 2 aliphatic rings. The summed E-state index contributed by atoms with van der Waals surface area (Å²) in [4.78, 5) is 40.8. The lowest BCUT2D eigenvalue weighted by Gasteiger charge is -2.27. The van der Waals surface area contributed by atoms with Gasteiger partial charge in [-0.1, -0.05) is 24.3 Å². The van der Waals surface area contributed by atoms with E-state index in [0.717, 1.165) is 36.7 Å². The number of carbonyl (C=O) groups excluding carboxylic acids is 3. The summed E-state index contributed by atoms with van der Waals surface area (Å²) in [5.74, 6) is -0.400. The van der Waals surface area contributed by atoms with E-state index in [4.69, 9.17) is 0 Å². The van der Waals surface area contributed by atoms with Gasteiger partial charge in [-0.05, 0) is 36.8 Å². The van der Waals surface area contributed by atoms with Crippen LogP contribution < -0.4 is 0 Å². The van der Waals surface area contributed by atoms with Crippen LogP contribution in [0.4, 0.5) is 0 Å². The number of hydrogen-bond acceptors (Lipinski definition) is 3. The second kappa shape index (κ2) is 6.31. The molecule has 0 saturated carbocycles. The molecule has 0 bridgehead atoms. The first-order chi connectivity index (χ1) is 12.2. The van der Waals surface area contributed by atoms with Crippen LogP contribution in [0.5, 0.6) is 0 Å². The van der Waals surface area contributed by atoms with E-state index in [9.17, 15) is 14.4 Å². The van der Waals surface area contributed by atoms with Gasteiger partial charge in [0.05, 0.1) is 0 Å². The highest BCUT2D eigenvalue weighted by Crippen LogP contribution is 2.30. The third-order valence-corrected chi connectivity index (χ3v) is 5.09. The van der Waals surface area contributed by atoms with Crippen LogP contribution >= 0.6 is 0 Å². The lowest BCUT2D eigenvalue weighted by molar-refractivity contribution is -0.130. The van der Waals surface area contributed by atoms with Crippen molar-refractivity contribution in [2.45, 2.75) is 25.7 Å². The molecule has 0 radical (unpaired) electrons. The number of nitrogens with zero attached hydrogens (tertiary/aromatic N) is 2. The summed E-state index contributed by atoms with van der Waals surface area (Å²) in [7, 11) is 0. The zero-order chi connectivity index (χ0) is 17.4. The molecule has 5 nitrogen and oxygen atoms in total. The molecule has 2 aromatic rings. The summed E-state index contributed by atoms with van der Waals surface area (Å²) in [5, 5.41) is 1.64. The lowest BCUT2D eigenvalue weighted by atomic mass is 9.94. The van der Waals surface area contributed by atoms with Gasteiger partial charge in [0.2, 0.25) is 5.91 Å². The molecule has 0 N–H and O–H groups in total. The van der Waals surface area contributed by atoms with Gasteiger partial charge in [-0.15, -0.1) is 0 Å². The van der Waals surface area contributed by atoms with Crippen molar-refractivity contribution in [1.29, 1.82) is 0 Å². The average molecular weight is 336 g/mol. The highest BCUT2D eigenvalue weighted by molar-refractivity contribution is 6.25. The predicted molar refractivity (Wildman–Crippen MR) is 94.4 cm³/mol. The van der Waals surface area contributed by atoms with Crippen LogP contribution in [0.3, 0.4) is 0 Å². The van der Waals surface area contributed by atoms with E-state index >= 15 is 0 Å². The highest BCUT2D eigenvalue weighted by atomic mass is 16.2. The standard InChI is InChI=1S/C20H20N2O3/c23-17(21-11-1-2-12-21)10-5-13-22-19(24)15-8-3-6-14-7-4-9-16(18(14)15)20(22)25/h3-4,6-9H,1-2,5,10-13H2. The van der Waals surface area contributed by atoms with Gasteiger partial charge < -0.3 is 4.90 Å². The number of likely N-dealkylation sites (tertiary alicyclic amines) is 1. The Morgan fingerprint density at radius 1 is 0.920 bits per heavy atom. The van der Waals surface area contributed by atoms with E-state index in [1.165, 1.54) is 4.90 Å². The smallest absolute Gasteiger partial charge is 0.261 e. The van der Waals surface area contributed by atoms with E-state index in [0.29, 0.717) is 24.0 Å². The topological polar surface area (TPSA) is 57.7 Å². The Labute approximate surface area is 146 Å². The van der Waals surface area contributed by atoms with Crippen molar-refractivity contribution in [3.63, 3.8) is 0 Å². The first kappa shape index (κ1) is 15.8. The van der Waals surface area contributed by atoms with Gasteiger partial charge in [-0.25, -0.2) is 0 Å². The molecule has 0 aromatic heterocycles. The van der Waals surface area contributed by atoms with Crippen LogP contribution in [0.15, 0.2) is 36.4 Å². The van der Waals surface area contributed by atoms with Crippen LogP contribution in [0, 0.1) is 0 Å². The largest absolute Gasteiger partial charge is 0.343 e. The fourth-order valence-electron chi connectivity index (χ4n) is 3.80. The van der Waals surface area contributed by atoms with Gasteiger partial charge in [0.15, 0.2) is 0 Å². The number of imide groups is 1. The molecule has 128 valence electrons. The summed E-state index contributed by atoms with van der Waals surface area (Å²) < 4.78 is 0. The van der Waals surface area contributed by atoms with Crippen LogP contribution in [-0.4, -0.2) is 47.2 Å². The second-order valence-corrected chi connectivity index (χ2v) is 6.66. The van der Waals surface area contributed by atoms with Crippen molar-refractivity contribution >= 4 is 28.5 Å². The van der Waals surface area contributed by atoms with Gasteiger partial charge in [-0.2, -0.15) is 0 Å². The van der Waals surface area contributed by atoms with Gasteiger partial charge >= 0.3 is 0 Å². The van der Waals surface area contributed by atoms with Crippen molar-refractivity contribution in [1.82, 2.24) is 9.80 Å². The van der Waals surface area contributed by atoms with Crippen LogP contribution in [0.25, 0.3) is 10.8 Å².